The zero-order chi connectivity index (χ0) is 16.2. The van der Waals surface area contributed by atoms with Crippen LogP contribution in [-0.2, 0) is 4.74 Å². The molecule has 1 aliphatic rings. The molecule has 1 fully saturated rings. The lowest BCUT2D eigenvalue weighted by Crippen LogP contribution is -2.30. The van der Waals surface area contributed by atoms with Gasteiger partial charge in [-0.2, -0.15) is 0 Å². The van der Waals surface area contributed by atoms with Crippen LogP contribution in [0.3, 0.4) is 0 Å². The fourth-order valence-corrected chi connectivity index (χ4v) is 3.55. The zero-order valence-electron chi connectivity index (χ0n) is 14.9. The molecule has 2 heteroatoms. The Morgan fingerprint density at radius 1 is 0.957 bits per heavy atom. The molecule has 1 heterocycles. The van der Waals surface area contributed by atoms with Crippen LogP contribution in [0.4, 0.5) is 0 Å². The molecule has 2 rings (SSSR count). The summed E-state index contributed by atoms with van der Waals surface area (Å²) in [5.41, 5.74) is 0.0954. The van der Waals surface area contributed by atoms with E-state index in [0.29, 0.717) is 0 Å². The van der Waals surface area contributed by atoms with Gasteiger partial charge in [0.25, 0.3) is 0 Å². The van der Waals surface area contributed by atoms with Crippen LogP contribution < -0.4 is 4.74 Å². The number of benzene rings is 1. The van der Waals surface area contributed by atoms with Crippen LogP contribution in [-0.4, -0.2) is 18.8 Å². The van der Waals surface area contributed by atoms with Crippen molar-refractivity contribution in [1.29, 1.82) is 0 Å². The number of unbranched alkanes of at least 4 members (excludes halogenated alkanes) is 6. The first-order chi connectivity index (χ1) is 11.3. The van der Waals surface area contributed by atoms with Gasteiger partial charge in [-0.25, -0.2) is 0 Å². The first-order valence-corrected chi connectivity index (χ1v) is 9.66. The fraction of sp³-hybridized carbons (Fsp3) is 0.714. The van der Waals surface area contributed by atoms with Crippen LogP contribution in [0, 0.1) is 0 Å². The van der Waals surface area contributed by atoms with Crippen molar-refractivity contribution in [3.8, 4) is 5.75 Å². The quantitative estimate of drug-likeness (QED) is 0.431. The number of hydrogen-bond donors (Lipinski definition) is 0. The summed E-state index contributed by atoms with van der Waals surface area (Å²) in [6.07, 6.45) is 14.2. The highest BCUT2D eigenvalue weighted by molar-refractivity contribution is 5.20. The SMILES string of the molecule is CCCCCCCCCC1(CCOc2ccccc2)CCCO1. The molecule has 0 aliphatic carbocycles. The largest absolute Gasteiger partial charge is 0.493 e. The Labute approximate surface area is 142 Å². The minimum Gasteiger partial charge on any atom is -0.493 e. The van der Waals surface area contributed by atoms with Crippen molar-refractivity contribution in [1.82, 2.24) is 0 Å². The summed E-state index contributed by atoms with van der Waals surface area (Å²) >= 11 is 0. The zero-order valence-corrected chi connectivity index (χ0v) is 14.9. The molecule has 0 spiro atoms. The Morgan fingerprint density at radius 2 is 1.70 bits per heavy atom. The molecule has 1 aromatic carbocycles. The summed E-state index contributed by atoms with van der Waals surface area (Å²) in [5.74, 6) is 0.969. The van der Waals surface area contributed by atoms with Crippen molar-refractivity contribution in [2.45, 2.75) is 83.2 Å². The Morgan fingerprint density at radius 3 is 2.39 bits per heavy atom. The molecule has 2 nitrogen and oxygen atoms in total. The van der Waals surface area contributed by atoms with Gasteiger partial charge in [-0.05, 0) is 31.4 Å². The van der Waals surface area contributed by atoms with E-state index in [0.717, 1.165) is 25.4 Å². The van der Waals surface area contributed by atoms with Gasteiger partial charge in [0, 0.05) is 13.0 Å². The van der Waals surface area contributed by atoms with Crippen LogP contribution in [0.5, 0.6) is 5.75 Å². The lowest BCUT2D eigenvalue weighted by Gasteiger charge is -2.28. The Bertz CT molecular complexity index is 396. The summed E-state index contributed by atoms with van der Waals surface area (Å²) in [5, 5.41) is 0. The van der Waals surface area contributed by atoms with Gasteiger partial charge in [0.15, 0.2) is 0 Å². The van der Waals surface area contributed by atoms with Gasteiger partial charge in [0.05, 0.1) is 12.2 Å². The van der Waals surface area contributed by atoms with Gasteiger partial charge in [0.1, 0.15) is 5.75 Å². The van der Waals surface area contributed by atoms with Crippen molar-refractivity contribution < 1.29 is 9.47 Å². The fourth-order valence-electron chi connectivity index (χ4n) is 3.55. The average molecular weight is 319 g/mol. The molecule has 23 heavy (non-hydrogen) atoms. The molecule has 0 aromatic heterocycles. The Kier molecular flexibility index (Phi) is 8.52. The number of para-hydroxylation sites is 1. The highest BCUT2D eigenvalue weighted by atomic mass is 16.5. The molecule has 0 N–H and O–H groups in total. The van der Waals surface area contributed by atoms with Crippen molar-refractivity contribution in [3.63, 3.8) is 0 Å². The Hall–Kier alpha value is -1.02. The third-order valence-corrected chi connectivity index (χ3v) is 4.99. The molecule has 0 saturated carbocycles. The number of ether oxygens (including phenoxy) is 2. The summed E-state index contributed by atoms with van der Waals surface area (Å²) in [4.78, 5) is 0. The second kappa shape index (κ2) is 10.7. The van der Waals surface area contributed by atoms with E-state index in [1.165, 1.54) is 64.2 Å². The monoisotopic (exact) mass is 318 g/mol. The van der Waals surface area contributed by atoms with E-state index >= 15 is 0 Å². The van der Waals surface area contributed by atoms with Crippen LogP contribution >= 0.6 is 0 Å². The number of hydrogen-bond acceptors (Lipinski definition) is 2. The van der Waals surface area contributed by atoms with Crippen LogP contribution in [0.15, 0.2) is 30.3 Å². The molecule has 0 amide bonds. The standard InChI is InChI=1S/C21H34O2/c1-2-3-4-5-6-7-11-15-21(16-12-18-23-21)17-19-22-20-13-9-8-10-14-20/h8-10,13-14H,2-7,11-12,15-19H2,1H3. The van der Waals surface area contributed by atoms with Gasteiger partial charge in [-0.1, -0.05) is 70.1 Å². The maximum Gasteiger partial charge on any atom is 0.119 e. The van der Waals surface area contributed by atoms with Crippen molar-refractivity contribution in [2.75, 3.05) is 13.2 Å². The maximum atomic E-state index is 6.14. The normalized spacial score (nSPS) is 20.7. The molecule has 0 bridgehead atoms. The van der Waals surface area contributed by atoms with Crippen LogP contribution in [0.25, 0.3) is 0 Å². The van der Waals surface area contributed by atoms with E-state index in [1.54, 1.807) is 0 Å². The third kappa shape index (κ3) is 6.95. The summed E-state index contributed by atoms with van der Waals surface area (Å²) in [6, 6.07) is 10.1. The Balaban J connectivity index is 1.63. The van der Waals surface area contributed by atoms with Crippen molar-refractivity contribution >= 4 is 0 Å². The first-order valence-electron chi connectivity index (χ1n) is 9.66. The lowest BCUT2D eigenvalue weighted by molar-refractivity contribution is -0.0200. The van der Waals surface area contributed by atoms with Crippen molar-refractivity contribution in [3.05, 3.63) is 30.3 Å². The van der Waals surface area contributed by atoms with E-state index in [-0.39, 0.29) is 5.60 Å². The third-order valence-electron chi connectivity index (χ3n) is 4.99. The predicted molar refractivity (Wildman–Crippen MR) is 97.1 cm³/mol. The maximum absolute atomic E-state index is 6.14. The van der Waals surface area contributed by atoms with Gasteiger partial charge in [-0.15, -0.1) is 0 Å². The second-order valence-electron chi connectivity index (χ2n) is 6.92. The van der Waals surface area contributed by atoms with Crippen molar-refractivity contribution in [2.24, 2.45) is 0 Å². The molecular weight excluding hydrogens is 284 g/mol. The van der Waals surface area contributed by atoms with Crippen LogP contribution in [0.2, 0.25) is 0 Å². The van der Waals surface area contributed by atoms with Gasteiger partial charge >= 0.3 is 0 Å². The molecule has 1 unspecified atom stereocenters. The molecule has 1 aromatic rings. The highest BCUT2D eigenvalue weighted by Gasteiger charge is 2.34. The second-order valence-corrected chi connectivity index (χ2v) is 6.92. The van der Waals surface area contributed by atoms with E-state index in [2.05, 4.69) is 6.92 Å². The topological polar surface area (TPSA) is 18.5 Å². The van der Waals surface area contributed by atoms with Crippen LogP contribution in [0.1, 0.15) is 77.6 Å². The minimum atomic E-state index is 0.0954. The molecule has 1 saturated heterocycles. The van der Waals surface area contributed by atoms with Gasteiger partial charge < -0.3 is 9.47 Å². The van der Waals surface area contributed by atoms with Gasteiger partial charge in [-0.3, -0.25) is 0 Å². The summed E-state index contributed by atoms with van der Waals surface area (Å²) < 4.78 is 12.0. The number of rotatable bonds is 12. The highest BCUT2D eigenvalue weighted by Crippen LogP contribution is 2.34. The smallest absolute Gasteiger partial charge is 0.119 e. The molecule has 0 radical (unpaired) electrons. The van der Waals surface area contributed by atoms with E-state index in [1.807, 2.05) is 30.3 Å². The minimum absolute atomic E-state index is 0.0954. The van der Waals surface area contributed by atoms with E-state index < -0.39 is 0 Å². The molecular formula is C21H34O2. The molecule has 1 aliphatic heterocycles. The molecule has 1 atom stereocenters. The molecule has 130 valence electrons. The van der Waals surface area contributed by atoms with Gasteiger partial charge in [0.2, 0.25) is 0 Å². The summed E-state index contributed by atoms with van der Waals surface area (Å²) in [7, 11) is 0. The average Bonchev–Trinajstić information content (AvgIpc) is 3.04. The summed E-state index contributed by atoms with van der Waals surface area (Å²) in [6.45, 7) is 3.97. The lowest BCUT2D eigenvalue weighted by atomic mass is 9.89. The van der Waals surface area contributed by atoms with E-state index in [4.69, 9.17) is 9.47 Å². The van der Waals surface area contributed by atoms with E-state index in [9.17, 15) is 0 Å². The predicted octanol–water partition coefficient (Wildman–Crippen LogP) is 6.15. The first kappa shape index (κ1) is 18.3.